The van der Waals surface area contributed by atoms with Crippen molar-refractivity contribution in [3.8, 4) is 0 Å². The van der Waals surface area contributed by atoms with Crippen LogP contribution in [0.1, 0.15) is 33.6 Å². The lowest BCUT2D eigenvalue weighted by molar-refractivity contribution is 0.220. The third-order valence-electron chi connectivity index (χ3n) is 4.79. The van der Waals surface area contributed by atoms with E-state index >= 15 is 0 Å². The van der Waals surface area contributed by atoms with Crippen molar-refractivity contribution in [2.24, 2.45) is 11.8 Å². The predicted molar refractivity (Wildman–Crippen MR) is 77.1 cm³/mol. The van der Waals surface area contributed by atoms with Gasteiger partial charge >= 0.3 is 0 Å². The molecule has 2 aliphatic heterocycles. The van der Waals surface area contributed by atoms with Gasteiger partial charge in [-0.25, -0.2) is 0 Å². The normalized spacial score (nSPS) is 31.0. The smallest absolute Gasteiger partial charge is 0.282 e. The third kappa shape index (κ3) is 2.55. The van der Waals surface area contributed by atoms with Gasteiger partial charge in [0.25, 0.3) is 10.2 Å². The Labute approximate surface area is 117 Å². The highest BCUT2D eigenvalue weighted by Crippen LogP contribution is 2.42. The van der Waals surface area contributed by atoms with Crippen LogP contribution in [0, 0.1) is 11.8 Å². The van der Waals surface area contributed by atoms with E-state index in [1.54, 1.807) is 11.4 Å². The first-order valence-electron chi connectivity index (χ1n) is 7.26. The van der Waals surface area contributed by atoms with E-state index < -0.39 is 10.2 Å². The first-order valence-corrected chi connectivity index (χ1v) is 8.66. The number of hydrogen-bond acceptors (Lipinski definition) is 3. The number of unbranched alkanes of at least 4 members (excludes halogenated alkanes) is 1. The minimum absolute atomic E-state index is 0.284. The molecule has 0 saturated carbocycles. The van der Waals surface area contributed by atoms with Gasteiger partial charge in [-0.05, 0) is 38.6 Å². The van der Waals surface area contributed by atoms with E-state index in [0.29, 0.717) is 24.9 Å². The van der Waals surface area contributed by atoms with Crippen molar-refractivity contribution in [3.05, 3.63) is 0 Å². The summed E-state index contributed by atoms with van der Waals surface area (Å²) in [5, 5.41) is 3.38. The zero-order valence-corrected chi connectivity index (χ0v) is 13.3. The van der Waals surface area contributed by atoms with Crippen molar-refractivity contribution in [2.45, 2.75) is 39.2 Å². The highest BCUT2D eigenvalue weighted by atomic mass is 32.2. The maximum Gasteiger partial charge on any atom is 0.282 e. The highest BCUT2D eigenvalue weighted by molar-refractivity contribution is 7.86. The summed E-state index contributed by atoms with van der Waals surface area (Å²) in [4.78, 5) is 0. The maximum atomic E-state index is 12.7. The van der Waals surface area contributed by atoms with Crippen molar-refractivity contribution < 1.29 is 8.42 Å². The van der Waals surface area contributed by atoms with E-state index in [0.717, 1.165) is 25.9 Å². The van der Waals surface area contributed by atoms with Gasteiger partial charge < -0.3 is 5.32 Å². The predicted octanol–water partition coefficient (Wildman–Crippen LogP) is 0.893. The molecule has 2 rings (SSSR count). The Morgan fingerprint density at radius 1 is 1.37 bits per heavy atom. The summed E-state index contributed by atoms with van der Waals surface area (Å²) in [5.74, 6) is 0.895. The molecule has 112 valence electrons. The average Bonchev–Trinajstić information content (AvgIpc) is 2.89. The molecular formula is C13H27N3O2S. The van der Waals surface area contributed by atoms with Gasteiger partial charge in [0, 0.05) is 32.2 Å². The van der Waals surface area contributed by atoms with Gasteiger partial charge in [0.15, 0.2) is 0 Å². The maximum absolute atomic E-state index is 12.7. The summed E-state index contributed by atoms with van der Waals surface area (Å²) in [6.45, 7) is 9.35. The Hall–Kier alpha value is -0.170. The lowest BCUT2D eigenvalue weighted by Crippen LogP contribution is -2.52. The lowest BCUT2D eigenvalue weighted by atomic mass is 9.85. The molecule has 6 heteroatoms. The SMILES string of the molecule is CCCCN(C)S(=O)(=O)N1CC2CNCC2C1(C)C. The van der Waals surface area contributed by atoms with E-state index in [-0.39, 0.29) is 5.54 Å². The fourth-order valence-corrected chi connectivity index (χ4v) is 5.25. The van der Waals surface area contributed by atoms with Crippen molar-refractivity contribution in [1.82, 2.24) is 13.9 Å². The van der Waals surface area contributed by atoms with Crippen LogP contribution in [0.15, 0.2) is 0 Å². The largest absolute Gasteiger partial charge is 0.316 e. The molecule has 2 unspecified atom stereocenters. The van der Waals surface area contributed by atoms with E-state index in [1.807, 2.05) is 0 Å². The van der Waals surface area contributed by atoms with E-state index in [9.17, 15) is 8.42 Å². The summed E-state index contributed by atoms with van der Waals surface area (Å²) in [7, 11) is -1.62. The second kappa shape index (κ2) is 5.31. The third-order valence-corrected chi connectivity index (χ3v) is 6.94. The quantitative estimate of drug-likeness (QED) is 0.818. The first kappa shape index (κ1) is 15.2. The van der Waals surface area contributed by atoms with Gasteiger partial charge in [-0.1, -0.05) is 13.3 Å². The Kier molecular flexibility index (Phi) is 4.26. The van der Waals surface area contributed by atoms with Gasteiger partial charge in [0.05, 0.1) is 0 Å². The second-order valence-corrected chi connectivity index (χ2v) is 8.35. The summed E-state index contributed by atoms with van der Waals surface area (Å²) in [5.41, 5.74) is -0.284. The fraction of sp³-hybridized carbons (Fsp3) is 1.00. The standard InChI is InChI=1S/C13H27N3O2S/c1-5-6-7-15(4)19(17,18)16-10-11-8-14-9-12(11)13(16,2)3/h11-12,14H,5-10H2,1-4H3. The molecule has 2 aliphatic rings. The molecule has 0 aliphatic carbocycles. The Morgan fingerprint density at radius 3 is 2.63 bits per heavy atom. The molecule has 0 radical (unpaired) electrons. The van der Waals surface area contributed by atoms with Gasteiger partial charge in [-0.15, -0.1) is 0 Å². The zero-order valence-electron chi connectivity index (χ0n) is 12.5. The number of hydrogen-bond donors (Lipinski definition) is 1. The van der Waals surface area contributed by atoms with Crippen LogP contribution in [0.5, 0.6) is 0 Å². The second-order valence-electron chi connectivity index (χ2n) is 6.39. The molecule has 0 aromatic heterocycles. The molecule has 1 N–H and O–H groups in total. The van der Waals surface area contributed by atoms with E-state index in [4.69, 9.17) is 0 Å². The number of fused-ring (bicyclic) bond motifs is 1. The molecule has 5 nitrogen and oxygen atoms in total. The average molecular weight is 289 g/mol. The van der Waals surface area contributed by atoms with Crippen LogP contribution in [-0.2, 0) is 10.2 Å². The lowest BCUT2D eigenvalue weighted by Gasteiger charge is -2.36. The van der Waals surface area contributed by atoms with Crippen LogP contribution < -0.4 is 5.32 Å². The van der Waals surface area contributed by atoms with Crippen LogP contribution in [-0.4, -0.2) is 55.8 Å². The minimum atomic E-state index is -3.32. The summed E-state index contributed by atoms with van der Waals surface area (Å²) < 4.78 is 28.7. The molecule has 2 saturated heterocycles. The molecule has 2 atom stereocenters. The molecular weight excluding hydrogens is 262 g/mol. The minimum Gasteiger partial charge on any atom is -0.316 e. The van der Waals surface area contributed by atoms with Crippen molar-refractivity contribution >= 4 is 10.2 Å². The summed E-state index contributed by atoms with van der Waals surface area (Å²) >= 11 is 0. The summed E-state index contributed by atoms with van der Waals surface area (Å²) in [6.07, 6.45) is 1.93. The monoisotopic (exact) mass is 289 g/mol. The number of nitrogens with one attached hydrogen (secondary N) is 1. The van der Waals surface area contributed by atoms with Gasteiger partial charge in [0.1, 0.15) is 0 Å². The molecule has 0 amide bonds. The van der Waals surface area contributed by atoms with Crippen LogP contribution in [0.2, 0.25) is 0 Å². The van der Waals surface area contributed by atoms with Crippen molar-refractivity contribution in [3.63, 3.8) is 0 Å². The van der Waals surface area contributed by atoms with Crippen molar-refractivity contribution in [1.29, 1.82) is 0 Å². The van der Waals surface area contributed by atoms with Gasteiger partial charge in [-0.3, -0.25) is 0 Å². The Morgan fingerprint density at radius 2 is 2.05 bits per heavy atom. The molecule has 2 heterocycles. The van der Waals surface area contributed by atoms with Gasteiger partial charge in [-0.2, -0.15) is 17.0 Å². The van der Waals surface area contributed by atoms with E-state index in [1.165, 1.54) is 4.31 Å². The number of nitrogens with zero attached hydrogens (tertiary/aromatic N) is 2. The topological polar surface area (TPSA) is 52.7 Å². The van der Waals surface area contributed by atoms with E-state index in [2.05, 4.69) is 26.1 Å². The molecule has 0 aromatic carbocycles. The molecule has 0 spiro atoms. The van der Waals surface area contributed by atoms with Gasteiger partial charge in [0.2, 0.25) is 0 Å². The Balaban J connectivity index is 2.17. The fourth-order valence-electron chi connectivity index (χ4n) is 3.44. The number of rotatable bonds is 5. The Bertz CT molecular complexity index is 422. The van der Waals surface area contributed by atoms with Crippen LogP contribution in [0.25, 0.3) is 0 Å². The highest BCUT2D eigenvalue weighted by Gasteiger charge is 2.54. The molecule has 2 fully saturated rings. The summed E-state index contributed by atoms with van der Waals surface area (Å²) in [6, 6.07) is 0. The van der Waals surface area contributed by atoms with Crippen LogP contribution in [0.3, 0.4) is 0 Å². The van der Waals surface area contributed by atoms with Crippen LogP contribution in [0.4, 0.5) is 0 Å². The molecule has 0 aromatic rings. The van der Waals surface area contributed by atoms with Crippen LogP contribution >= 0.6 is 0 Å². The first-order chi connectivity index (χ1) is 8.81. The molecule has 0 bridgehead atoms. The zero-order chi connectivity index (χ0) is 14.3. The van der Waals surface area contributed by atoms with Crippen molar-refractivity contribution in [2.75, 3.05) is 33.2 Å². The molecule has 19 heavy (non-hydrogen) atoms.